The number of hydrogen-bond donors (Lipinski definition) is 1. The fourth-order valence-electron chi connectivity index (χ4n) is 3.52. The Morgan fingerprint density at radius 1 is 1.29 bits per heavy atom. The lowest BCUT2D eigenvalue weighted by Gasteiger charge is -2.28. The summed E-state index contributed by atoms with van der Waals surface area (Å²) in [7, 11) is 0. The molecule has 1 N–H and O–H groups in total. The molecular weight excluding hydrogens is 290 g/mol. The Bertz CT molecular complexity index is 587. The minimum atomic E-state index is -0.0981. The molecule has 4 nitrogen and oxygen atoms in total. The van der Waals surface area contributed by atoms with Crippen molar-refractivity contribution in [2.45, 2.75) is 38.1 Å². The van der Waals surface area contributed by atoms with Crippen molar-refractivity contribution in [3.63, 3.8) is 0 Å². The maximum atomic E-state index is 12.7. The average Bonchev–Trinajstić information content (AvgIpc) is 3.09. The van der Waals surface area contributed by atoms with Gasteiger partial charge in [-0.2, -0.15) is 0 Å². The maximum Gasteiger partial charge on any atom is 0.254 e. The number of phenols is 1. The molecule has 1 aliphatic carbocycles. The van der Waals surface area contributed by atoms with Crippen LogP contribution in [0.5, 0.6) is 5.75 Å². The zero-order chi connectivity index (χ0) is 15.0. The van der Waals surface area contributed by atoms with Gasteiger partial charge in [-0.25, -0.2) is 0 Å². The highest BCUT2D eigenvalue weighted by Gasteiger charge is 2.40. The monoisotopic (exact) mass is 307 g/mol. The first-order valence-electron chi connectivity index (χ1n) is 7.40. The molecule has 2 unspecified atom stereocenters. The van der Waals surface area contributed by atoms with Gasteiger partial charge in [-0.1, -0.05) is 11.6 Å². The van der Waals surface area contributed by atoms with Crippen LogP contribution in [-0.2, 0) is 4.79 Å². The molecule has 1 saturated heterocycles. The van der Waals surface area contributed by atoms with E-state index in [1.165, 1.54) is 12.1 Å². The molecular formula is C16H18ClNO3. The Labute approximate surface area is 128 Å². The number of likely N-dealkylation sites (tertiary alicyclic amines) is 1. The average molecular weight is 308 g/mol. The van der Waals surface area contributed by atoms with Crippen molar-refractivity contribution >= 4 is 23.3 Å². The summed E-state index contributed by atoms with van der Waals surface area (Å²) < 4.78 is 0. The molecule has 1 aliphatic heterocycles. The van der Waals surface area contributed by atoms with E-state index in [0.717, 1.165) is 25.7 Å². The van der Waals surface area contributed by atoms with Crippen LogP contribution in [0, 0.1) is 5.92 Å². The quantitative estimate of drug-likeness (QED) is 0.913. The van der Waals surface area contributed by atoms with Crippen molar-refractivity contribution in [2.75, 3.05) is 6.54 Å². The summed E-state index contributed by atoms with van der Waals surface area (Å²) in [6.07, 6.45) is 4.31. The zero-order valence-electron chi connectivity index (χ0n) is 11.7. The molecule has 1 aromatic carbocycles. The molecule has 2 atom stereocenters. The summed E-state index contributed by atoms with van der Waals surface area (Å²) in [5, 5.41) is 9.62. The van der Waals surface area contributed by atoms with Gasteiger partial charge in [0.2, 0.25) is 0 Å². The van der Waals surface area contributed by atoms with Gasteiger partial charge in [0, 0.05) is 30.5 Å². The highest BCUT2D eigenvalue weighted by Crippen LogP contribution is 2.34. The van der Waals surface area contributed by atoms with Gasteiger partial charge in [-0.15, -0.1) is 0 Å². The van der Waals surface area contributed by atoms with Gasteiger partial charge >= 0.3 is 0 Å². The molecule has 1 amide bonds. The fraction of sp³-hybridized carbons (Fsp3) is 0.500. The number of phenolic OH excluding ortho intramolecular Hbond substituents is 1. The third kappa shape index (κ3) is 2.64. The number of ketones is 1. The van der Waals surface area contributed by atoms with E-state index < -0.39 is 0 Å². The topological polar surface area (TPSA) is 57.6 Å². The first kappa shape index (κ1) is 14.4. The molecule has 0 radical (unpaired) electrons. The number of rotatable bonds is 2. The van der Waals surface area contributed by atoms with Crippen LogP contribution >= 0.6 is 11.6 Å². The predicted octanol–water partition coefficient (Wildman–Crippen LogP) is 3.02. The lowest BCUT2D eigenvalue weighted by molar-refractivity contribution is -0.121. The Kier molecular flexibility index (Phi) is 3.89. The molecule has 1 aromatic rings. The maximum absolute atomic E-state index is 12.7. The summed E-state index contributed by atoms with van der Waals surface area (Å²) in [5.41, 5.74) is 0.468. The summed E-state index contributed by atoms with van der Waals surface area (Å²) in [6, 6.07) is 4.53. The largest absolute Gasteiger partial charge is 0.506 e. The number of halogens is 1. The van der Waals surface area contributed by atoms with E-state index in [2.05, 4.69) is 0 Å². The predicted molar refractivity (Wildman–Crippen MR) is 79.5 cm³/mol. The first-order chi connectivity index (χ1) is 10.1. The van der Waals surface area contributed by atoms with E-state index in [1.807, 2.05) is 4.90 Å². The van der Waals surface area contributed by atoms with Gasteiger partial charge in [-0.3, -0.25) is 9.59 Å². The SMILES string of the molecule is O=C1CCCC1C1CCCN1C(=O)c1ccc(O)c(Cl)c1. The molecule has 0 aromatic heterocycles. The van der Waals surface area contributed by atoms with Crippen molar-refractivity contribution in [1.29, 1.82) is 0 Å². The molecule has 2 aliphatic rings. The van der Waals surface area contributed by atoms with E-state index in [9.17, 15) is 14.7 Å². The second-order valence-corrected chi connectivity index (χ2v) is 6.25. The summed E-state index contributed by atoms with van der Waals surface area (Å²) in [4.78, 5) is 26.4. The van der Waals surface area contributed by atoms with Crippen LogP contribution in [0.4, 0.5) is 0 Å². The van der Waals surface area contributed by atoms with Crippen LogP contribution in [0.3, 0.4) is 0 Å². The van der Waals surface area contributed by atoms with Crippen molar-refractivity contribution in [1.82, 2.24) is 4.90 Å². The standard InChI is InChI=1S/C16H18ClNO3/c17-12-9-10(6-7-15(12)20)16(21)18-8-2-4-13(18)11-3-1-5-14(11)19/h6-7,9,11,13,20H,1-5,8H2. The summed E-state index contributed by atoms with van der Waals surface area (Å²) in [5.74, 6) is 0.170. The van der Waals surface area contributed by atoms with E-state index in [-0.39, 0.29) is 28.6 Å². The van der Waals surface area contributed by atoms with Crippen LogP contribution in [0.15, 0.2) is 18.2 Å². The van der Waals surface area contributed by atoms with Gasteiger partial charge in [0.25, 0.3) is 5.91 Å². The number of Topliss-reactive ketones (excluding diaryl/α,β-unsaturated/α-hetero) is 1. The van der Waals surface area contributed by atoms with E-state index in [4.69, 9.17) is 11.6 Å². The molecule has 112 valence electrons. The van der Waals surface area contributed by atoms with Gasteiger partial charge in [-0.05, 0) is 43.9 Å². The smallest absolute Gasteiger partial charge is 0.254 e. The van der Waals surface area contributed by atoms with Gasteiger partial charge < -0.3 is 10.0 Å². The lowest BCUT2D eigenvalue weighted by Crippen LogP contribution is -2.41. The minimum Gasteiger partial charge on any atom is -0.506 e. The Hall–Kier alpha value is -1.55. The highest BCUT2D eigenvalue weighted by molar-refractivity contribution is 6.32. The normalized spacial score (nSPS) is 25.6. The number of carbonyl (C=O) groups excluding carboxylic acids is 2. The van der Waals surface area contributed by atoms with Crippen LogP contribution < -0.4 is 0 Å². The highest BCUT2D eigenvalue weighted by atomic mass is 35.5. The molecule has 1 saturated carbocycles. The molecule has 1 heterocycles. The Balaban J connectivity index is 1.82. The molecule has 21 heavy (non-hydrogen) atoms. The van der Waals surface area contributed by atoms with Gasteiger partial charge in [0.05, 0.1) is 5.02 Å². The zero-order valence-corrected chi connectivity index (χ0v) is 12.5. The molecule has 5 heteroatoms. The Morgan fingerprint density at radius 3 is 2.76 bits per heavy atom. The van der Waals surface area contributed by atoms with Crippen LogP contribution in [0.25, 0.3) is 0 Å². The third-order valence-corrected chi connectivity index (χ3v) is 4.87. The Morgan fingerprint density at radius 2 is 2.10 bits per heavy atom. The van der Waals surface area contributed by atoms with Crippen molar-refractivity contribution in [2.24, 2.45) is 5.92 Å². The third-order valence-electron chi connectivity index (χ3n) is 4.57. The number of carbonyl (C=O) groups is 2. The van der Waals surface area contributed by atoms with E-state index in [1.54, 1.807) is 6.07 Å². The van der Waals surface area contributed by atoms with Crippen molar-refractivity contribution in [3.05, 3.63) is 28.8 Å². The number of hydrogen-bond acceptors (Lipinski definition) is 3. The van der Waals surface area contributed by atoms with Crippen LogP contribution in [0.1, 0.15) is 42.5 Å². The van der Waals surface area contributed by atoms with Gasteiger partial charge in [0.15, 0.2) is 0 Å². The van der Waals surface area contributed by atoms with Crippen molar-refractivity contribution in [3.8, 4) is 5.75 Å². The fourth-order valence-corrected chi connectivity index (χ4v) is 3.70. The summed E-state index contributed by atoms with van der Waals surface area (Å²) >= 11 is 5.88. The lowest BCUT2D eigenvalue weighted by atomic mass is 9.94. The van der Waals surface area contributed by atoms with E-state index >= 15 is 0 Å². The molecule has 0 bridgehead atoms. The second-order valence-electron chi connectivity index (χ2n) is 5.84. The number of aromatic hydroxyl groups is 1. The second kappa shape index (κ2) is 5.68. The van der Waals surface area contributed by atoms with Crippen molar-refractivity contribution < 1.29 is 14.7 Å². The number of amides is 1. The molecule has 3 rings (SSSR count). The molecule has 0 spiro atoms. The minimum absolute atomic E-state index is 0.00374. The summed E-state index contributed by atoms with van der Waals surface area (Å²) in [6.45, 7) is 0.686. The number of benzene rings is 1. The van der Waals surface area contributed by atoms with Crippen LogP contribution in [0.2, 0.25) is 5.02 Å². The van der Waals surface area contributed by atoms with E-state index in [0.29, 0.717) is 24.3 Å². The first-order valence-corrected chi connectivity index (χ1v) is 7.78. The van der Waals surface area contributed by atoms with Gasteiger partial charge in [0.1, 0.15) is 11.5 Å². The molecule has 2 fully saturated rings. The number of nitrogens with zero attached hydrogens (tertiary/aromatic N) is 1. The van der Waals surface area contributed by atoms with Crippen LogP contribution in [-0.4, -0.2) is 34.3 Å².